The molecule has 0 spiro atoms. The number of carbonyl (C=O) groups is 1. The van der Waals surface area contributed by atoms with Gasteiger partial charge < -0.3 is 10.5 Å². The number of halogens is 6. The van der Waals surface area contributed by atoms with E-state index in [-0.39, 0.29) is 29.4 Å². The Kier molecular flexibility index (Phi) is 6.71. The zero-order valence-electron chi connectivity index (χ0n) is 16.3. The number of rotatable bonds is 3. The highest BCUT2D eigenvalue weighted by molar-refractivity contribution is 5.96. The van der Waals surface area contributed by atoms with Gasteiger partial charge in [-0.3, -0.25) is 9.78 Å². The molecular formula is C22H16F6N2O2. The average molecular weight is 454 g/mol. The summed E-state index contributed by atoms with van der Waals surface area (Å²) in [5.74, 6) is -6.29. The highest BCUT2D eigenvalue weighted by Crippen LogP contribution is 2.40. The molecule has 0 saturated heterocycles. The van der Waals surface area contributed by atoms with Crippen molar-refractivity contribution in [3.05, 3.63) is 88.5 Å². The topological polar surface area (TPSA) is 65.2 Å². The molecule has 2 aromatic carbocycles. The van der Waals surface area contributed by atoms with Crippen molar-refractivity contribution in [1.29, 1.82) is 0 Å². The lowest BCUT2D eigenvalue weighted by Gasteiger charge is -2.16. The van der Waals surface area contributed by atoms with Crippen molar-refractivity contribution in [3.8, 4) is 11.5 Å². The molecule has 3 aromatic rings. The first kappa shape index (κ1) is 23.1. The van der Waals surface area contributed by atoms with Crippen molar-refractivity contribution in [2.24, 2.45) is 5.73 Å². The summed E-state index contributed by atoms with van der Waals surface area (Å²) in [5, 5.41) is 0. The molecule has 168 valence electrons. The summed E-state index contributed by atoms with van der Waals surface area (Å²) in [5.41, 5.74) is 3.02. The van der Waals surface area contributed by atoms with Crippen LogP contribution in [0.1, 0.15) is 33.5 Å². The van der Waals surface area contributed by atoms with Crippen LogP contribution in [0.4, 0.5) is 26.3 Å². The van der Waals surface area contributed by atoms with E-state index in [0.717, 1.165) is 0 Å². The first-order chi connectivity index (χ1) is 15.1. The molecule has 4 rings (SSSR count). The lowest BCUT2D eigenvalue weighted by atomic mass is 10.1. The first-order valence-corrected chi connectivity index (χ1v) is 9.32. The van der Waals surface area contributed by atoms with Gasteiger partial charge in [-0.15, -0.1) is 0 Å². The summed E-state index contributed by atoms with van der Waals surface area (Å²) in [6.07, 6.45) is -0.388. The molecule has 4 nitrogen and oxygen atoms in total. The molecule has 1 aliphatic rings. The Morgan fingerprint density at radius 3 is 2.09 bits per heavy atom. The number of pyridine rings is 1. The molecule has 1 amide bonds. The van der Waals surface area contributed by atoms with Gasteiger partial charge in [0.25, 0.3) is 5.91 Å². The van der Waals surface area contributed by atoms with E-state index in [9.17, 15) is 31.1 Å². The Morgan fingerprint density at radius 2 is 1.56 bits per heavy atom. The van der Waals surface area contributed by atoms with E-state index in [2.05, 4.69) is 4.98 Å². The van der Waals surface area contributed by atoms with Crippen LogP contribution >= 0.6 is 0 Å². The molecule has 0 atom stereocenters. The fraction of sp³-hybridized carbons (Fsp3) is 0.182. The Morgan fingerprint density at radius 1 is 0.906 bits per heavy atom. The molecule has 0 radical (unpaired) electrons. The van der Waals surface area contributed by atoms with E-state index in [4.69, 9.17) is 10.5 Å². The SMILES string of the molecule is NC(=O)c1c(F)cc(C(F)(F)F)cc1Oc1cc(F)c(F)c2c1CCC2.c1ccncc1. The second-order valence-electron chi connectivity index (χ2n) is 6.80. The van der Waals surface area contributed by atoms with Gasteiger partial charge in [0, 0.05) is 24.0 Å². The molecule has 1 aliphatic carbocycles. The maximum Gasteiger partial charge on any atom is 0.416 e. The van der Waals surface area contributed by atoms with Crippen LogP contribution < -0.4 is 10.5 Å². The molecular weight excluding hydrogens is 438 g/mol. The average Bonchev–Trinajstić information content (AvgIpc) is 3.23. The van der Waals surface area contributed by atoms with Crippen molar-refractivity contribution >= 4 is 5.91 Å². The summed E-state index contributed by atoms with van der Waals surface area (Å²) >= 11 is 0. The van der Waals surface area contributed by atoms with Crippen LogP contribution in [0.25, 0.3) is 0 Å². The predicted octanol–water partition coefficient (Wildman–Crippen LogP) is 5.58. The van der Waals surface area contributed by atoms with Gasteiger partial charge in [-0.25, -0.2) is 13.2 Å². The maximum atomic E-state index is 14.0. The Hall–Kier alpha value is -3.56. The van der Waals surface area contributed by atoms with Crippen LogP contribution in [-0.4, -0.2) is 10.9 Å². The van der Waals surface area contributed by atoms with Gasteiger partial charge in [-0.2, -0.15) is 13.2 Å². The third kappa shape index (κ3) is 5.01. The second kappa shape index (κ2) is 9.29. The normalized spacial score (nSPS) is 12.6. The van der Waals surface area contributed by atoms with E-state index in [1.807, 2.05) is 18.2 Å². The highest BCUT2D eigenvalue weighted by Gasteiger charge is 2.34. The number of benzene rings is 2. The molecule has 0 fully saturated rings. The summed E-state index contributed by atoms with van der Waals surface area (Å²) in [7, 11) is 0. The van der Waals surface area contributed by atoms with Crippen LogP contribution in [0.2, 0.25) is 0 Å². The molecule has 1 aromatic heterocycles. The van der Waals surface area contributed by atoms with E-state index in [0.29, 0.717) is 25.0 Å². The van der Waals surface area contributed by atoms with E-state index in [1.54, 1.807) is 12.4 Å². The van der Waals surface area contributed by atoms with Gasteiger partial charge in [0.1, 0.15) is 22.9 Å². The third-order valence-electron chi connectivity index (χ3n) is 4.66. The van der Waals surface area contributed by atoms with Gasteiger partial charge in [-0.1, -0.05) is 6.07 Å². The van der Waals surface area contributed by atoms with Crippen LogP contribution in [-0.2, 0) is 19.0 Å². The van der Waals surface area contributed by atoms with Crippen molar-refractivity contribution < 1.29 is 35.9 Å². The number of ether oxygens (including phenoxy) is 1. The fourth-order valence-electron chi connectivity index (χ4n) is 3.25. The minimum Gasteiger partial charge on any atom is -0.456 e. The number of carbonyl (C=O) groups excluding carboxylic acids is 1. The molecule has 0 saturated carbocycles. The van der Waals surface area contributed by atoms with Crippen molar-refractivity contribution in [2.45, 2.75) is 25.4 Å². The Bertz CT molecular complexity index is 1110. The standard InChI is InChI=1S/C17H11F6NO2.C5H5N/c18-10-4-7(17(21,22)23)5-13(14(10)16(24)25)26-12-6-11(19)15(20)9-3-1-2-8(9)12;1-2-4-6-5-3-1/h4-6H,1-3H2,(H2,24,25);1-5H. The summed E-state index contributed by atoms with van der Waals surface area (Å²) in [6.45, 7) is 0. The van der Waals surface area contributed by atoms with Gasteiger partial charge in [0.15, 0.2) is 11.6 Å². The van der Waals surface area contributed by atoms with Crippen molar-refractivity contribution in [2.75, 3.05) is 0 Å². The third-order valence-corrected chi connectivity index (χ3v) is 4.66. The molecule has 0 bridgehead atoms. The van der Waals surface area contributed by atoms with E-state index < -0.39 is 46.4 Å². The second-order valence-corrected chi connectivity index (χ2v) is 6.80. The Labute approximate surface area is 178 Å². The fourth-order valence-corrected chi connectivity index (χ4v) is 3.25. The van der Waals surface area contributed by atoms with Crippen LogP contribution in [0.3, 0.4) is 0 Å². The lowest BCUT2D eigenvalue weighted by Crippen LogP contribution is -2.17. The van der Waals surface area contributed by atoms with Crippen LogP contribution in [0, 0.1) is 17.5 Å². The monoisotopic (exact) mass is 454 g/mol. The number of nitrogens with zero attached hydrogens (tertiary/aromatic N) is 1. The van der Waals surface area contributed by atoms with E-state index in [1.165, 1.54) is 0 Å². The van der Waals surface area contributed by atoms with Crippen LogP contribution in [0.5, 0.6) is 11.5 Å². The zero-order chi connectivity index (χ0) is 23.5. The smallest absolute Gasteiger partial charge is 0.416 e. The first-order valence-electron chi connectivity index (χ1n) is 9.32. The number of primary amides is 1. The number of amides is 1. The number of alkyl halides is 3. The Balaban J connectivity index is 0.000000416. The summed E-state index contributed by atoms with van der Waals surface area (Å²) in [6, 6.07) is 6.88. The lowest BCUT2D eigenvalue weighted by molar-refractivity contribution is -0.137. The number of nitrogens with two attached hydrogens (primary N) is 1. The molecule has 32 heavy (non-hydrogen) atoms. The number of hydrogen-bond acceptors (Lipinski definition) is 3. The van der Waals surface area contributed by atoms with Gasteiger partial charge in [0.2, 0.25) is 0 Å². The molecule has 0 unspecified atom stereocenters. The highest BCUT2D eigenvalue weighted by atomic mass is 19.4. The summed E-state index contributed by atoms with van der Waals surface area (Å²) < 4.78 is 85.5. The van der Waals surface area contributed by atoms with E-state index >= 15 is 0 Å². The van der Waals surface area contributed by atoms with Gasteiger partial charge in [-0.05, 0) is 49.1 Å². The molecule has 10 heteroatoms. The van der Waals surface area contributed by atoms with Gasteiger partial charge >= 0.3 is 6.18 Å². The minimum absolute atomic E-state index is 0.0491. The largest absolute Gasteiger partial charge is 0.456 e. The molecule has 2 N–H and O–H groups in total. The van der Waals surface area contributed by atoms with Crippen LogP contribution in [0.15, 0.2) is 48.8 Å². The maximum absolute atomic E-state index is 14.0. The van der Waals surface area contributed by atoms with Crippen molar-refractivity contribution in [3.63, 3.8) is 0 Å². The van der Waals surface area contributed by atoms with Gasteiger partial charge in [0.05, 0.1) is 5.56 Å². The molecule has 0 aliphatic heterocycles. The predicted molar refractivity (Wildman–Crippen MR) is 103 cm³/mol. The number of aromatic nitrogens is 1. The zero-order valence-corrected chi connectivity index (χ0v) is 16.3. The number of fused-ring (bicyclic) bond motifs is 1. The number of hydrogen-bond donors (Lipinski definition) is 1. The quantitative estimate of drug-likeness (QED) is 0.525. The van der Waals surface area contributed by atoms with Crippen molar-refractivity contribution in [1.82, 2.24) is 4.98 Å². The minimum atomic E-state index is -4.91. The summed E-state index contributed by atoms with van der Waals surface area (Å²) in [4.78, 5) is 15.2. The molecule has 1 heterocycles.